The largest absolute Gasteiger partial charge is 0.362 e. The fourth-order valence-electron chi connectivity index (χ4n) is 2.56. The second-order valence-electron chi connectivity index (χ2n) is 6.38. The van der Waals surface area contributed by atoms with Crippen LogP contribution in [0, 0.1) is 0 Å². The van der Waals surface area contributed by atoms with Gasteiger partial charge in [0.05, 0.1) is 4.90 Å². The van der Waals surface area contributed by atoms with Gasteiger partial charge in [0, 0.05) is 23.5 Å². The van der Waals surface area contributed by atoms with Gasteiger partial charge < -0.3 is 5.32 Å². The van der Waals surface area contributed by atoms with E-state index in [1.165, 1.54) is 41.3 Å². The molecule has 156 valence electrons. The Morgan fingerprint density at radius 1 is 1.00 bits per heavy atom. The van der Waals surface area contributed by atoms with Gasteiger partial charge >= 0.3 is 0 Å². The van der Waals surface area contributed by atoms with Crippen molar-refractivity contribution in [1.29, 1.82) is 0 Å². The molecule has 0 unspecified atom stereocenters. The summed E-state index contributed by atoms with van der Waals surface area (Å²) in [7, 11) is -3.74. The maximum absolute atomic E-state index is 12.5. The number of ketones is 1. The lowest BCUT2D eigenvalue weighted by atomic mass is 10.1. The third-order valence-electron chi connectivity index (χ3n) is 4.29. The minimum atomic E-state index is -3.74. The fraction of sp³-hybridized carbons (Fsp3) is 0.190. The molecular formula is C21H22N4O3S2. The predicted molar refractivity (Wildman–Crippen MR) is 119 cm³/mol. The lowest BCUT2D eigenvalue weighted by Crippen LogP contribution is -2.12. The maximum atomic E-state index is 12.5. The van der Waals surface area contributed by atoms with Crippen molar-refractivity contribution in [1.82, 2.24) is 10.2 Å². The van der Waals surface area contributed by atoms with Crippen molar-refractivity contribution in [3.63, 3.8) is 0 Å². The van der Waals surface area contributed by atoms with Crippen LogP contribution in [0.25, 0.3) is 0 Å². The molecule has 7 nitrogen and oxygen atoms in total. The normalized spacial score (nSPS) is 11.5. The summed E-state index contributed by atoms with van der Waals surface area (Å²) >= 11 is 1.21. The first kappa shape index (κ1) is 21.7. The van der Waals surface area contributed by atoms with Crippen molar-refractivity contribution in [2.24, 2.45) is 0 Å². The molecule has 2 N–H and O–H groups in total. The Balaban J connectivity index is 1.60. The summed E-state index contributed by atoms with van der Waals surface area (Å²) < 4.78 is 27.4. The molecule has 9 heteroatoms. The quantitative estimate of drug-likeness (QED) is 0.379. The number of hydrogen-bond donors (Lipinski definition) is 2. The molecule has 0 atom stereocenters. The average Bonchev–Trinajstić information content (AvgIpc) is 3.21. The molecule has 0 aliphatic carbocycles. The highest BCUT2D eigenvalue weighted by Gasteiger charge is 2.16. The number of nitrogens with zero attached hydrogens (tertiary/aromatic N) is 2. The topological polar surface area (TPSA) is 101 Å². The van der Waals surface area contributed by atoms with E-state index >= 15 is 0 Å². The third kappa shape index (κ3) is 5.52. The van der Waals surface area contributed by atoms with Crippen LogP contribution >= 0.6 is 11.3 Å². The van der Waals surface area contributed by atoms with Gasteiger partial charge in [0.1, 0.15) is 5.01 Å². The van der Waals surface area contributed by atoms with E-state index in [-0.39, 0.29) is 15.8 Å². The first-order valence-corrected chi connectivity index (χ1v) is 11.7. The van der Waals surface area contributed by atoms with Crippen LogP contribution < -0.4 is 10.0 Å². The summed E-state index contributed by atoms with van der Waals surface area (Å²) in [5, 5.41) is 11.7. The van der Waals surface area contributed by atoms with Gasteiger partial charge in [-0.2, -0.15) is 0 Å². The molecule has 2 aromatic carbocycles. The second kappa shape index (κ2) is 9.64. The van der Waals surface area contributed by atoms with Crippen molar-refractivity contribution in [2.75, 3.05) is 10.0 Å². The molecule has 30 heavy (non-hydrogen) atoms. The highest BCUT2D eigenvalue weighted by molar-refractivity contribution is 7.93. The zero-order valence-electron chi connectivity index (χ0n) is 16.6. The summed E-state index contributed by atoms with van der Waals surface area (Å²) in [5.41, 5.74) is 2.44. The molecule has 0 bridgehead atoms. The Hall–Kier alpha value is -3.04. The Bertz CT molecular complexity index is 1140. The Morgan fingerprint density at radius 3 is 2.30 bits per heavy atom. The predicted octanol–water partition coefficient (Wildman–Crippen LogP) is 4.27. The van der Waals surface area contributed by atoms with Gasteiger partial charge in [-0.15, -0.1) is 10.2 Å². The Morgan fingerprint density at radius 2 is 1.70 bits per heavy atom. The van der Waals surface area contributed by atoms with Gasteiger partial charge in [-0.1, -0.05) is 49.4 Å². The average molecular weight is 443 g/mol. The standard InChI is InChI=1S/C21H22N4O3S2/c1-3-15-5-7-16(8-6-15)19(26)13-14-22-17-9-11-18(12-10-17)30(27,28)25-21-24-23-20(4-2)29-21/h5-14,22H,3-4H2,1-2H3,(H,24,25). The second-order valence-corrected chi connectivity index (χ2v) is 9.12. The lowest BCUT2D eigenvalue weighted by Gasteiger charge is -2.06. The van der Waals surface area contributed by atoms with E-state index in [2.05, 4.69) is 27.2 Å². The number of carbonyl (C=O) groups excluding carboxylic acids is 1. The molecule has 1 heterocycles. The number of nitrogens with one attached hydrogen (secondary N) is 2. The highest BCUT2D eigenvalue weighted by atomic mass is 32.2. The summed E-state index contributed by atoms with van der Waals surface area (Å²) in [6, 6.07) is 13.7. The van der Waals surface area contributed by atoms with Crippen LogP contribution in [0.2, 0.25) is 0 Å². The van der Waals surface area contributed by atoms with Gasteiger partial charge in [0.25, 0.3) is 10.0 Å². The zero-order valence-corrected chi connectivity index (χ0v) is 18.3. The molecule has 0 fully saturated rings. The number of aryl methyl sites for hydroxylation is 2. The van der Waals surface area contributed by atoms with E-state index in [4.69, 9.17) is 0 Å². The Kier molecular flexibility index (Phi) is 6.96. The van der Waals surface area contributed by atoms with Crippen LogP contribution in [-0.4, -0.2) is 24.4 Å². The van der Waals surface area contributed by atoms with Crippen molar-refractivity contribution < 1.29 is 13.2 Å². The monoisotopic (exact) mass is 442 g/mol. The first-order chi connectivity index (χ1) is 14.4. The fourth-order valence-corrected chi connectivity index (χ4v) is 4.47. The van der Waals surface area contributed by atoms with Gasteiger partial charge in [0.15, 0.2) is 5.78 Å². The molecule has 3 aromatic rings. The Labute approximate surface area is 179 Å². The smallest absolute Gasteiger partial charge is 0.263 e. The molecule has 3 rings (SSSR count). The molecule has 0 aliphatic heterocycles. The molecule has 0 aliphatic rings. The number of aromatic nitrogens is 2. The van der Waals surface area contributed by atoms with Gasteiger partial charge in [0.2, 0.25) is 5.13 Å². The van der Waals surface area contributed by atoms with Crippen molar-refractivity contribution in [3.05, 3.63) is 76.9 Å². The zero-order chi connectivity index (χ0) is 21.6. The molecule has 0 radical (unpaired) electrons. The van der Waals surface area contributed by atoms with Crippen LogP contribution in [0.4, 0.5) is 10.8 Å². The van der Waals surface area contributed by atoms with E-state index in [0.717, 1.165) is 11.4 Å². The number of hydrogen-bond acceptors (Lipinski definition) is 7. The van der Waals surface area contributed by atoms with E-state index in [0.29, 0.717) is 17.7 Å². The number of rotatable bonds is 9. The maximum Gasteiger partial charge on any atom is 0.263 e. The minimum Gasteiger partial charge on any atom is -0.362 e. The summed E-state index contributed by atoms with van der Waals surface area (Å²) in [4.78, 5) is 12.3. The van der Waals surface area contributed by atoms with Crippen LogP contribution in [0.5, 0.6) is 0 Å². The van der Waals surface area contributed by atoms with Crippen molar-refractivity contribution in [3.8, 4) is 0 Å². The summed E-state index contributed by atoms with van der Waals surface area (Å²) in [5.74, 6) is -0.114. The molecule has 0 saturated heterocycles. The van der Waals surface area contributed by atoms with Crippen LogP contribution in [0.1, 0.15) is 34.8 Å². The van der Waals surface area contributed by atoms with Gasteiger partial charge in [-0.25, -0.2) is 8.42 Å². The van der Waals surface area contributed by atoms with E-state index in [1.54, 1.807) is 24.3 Å². The molecular weight excluding hydrogens is 420 g/mol. The SMILES string of the molecule is CCc1ccc(C(=O)C=CNc2ccc(S(=O)(=O)Nc3nnc(CC)s3)cc2)cc1. The molecule has 1 aromatic heterocycles. The molecule has 0 spiro atoms. The number of carbonyl (C=O) groups is 1. The van der Waals surface area contributed by atoms with Crippen molar-refractivity contribution >= 4 is 38.0 Å². The summed E-state index contributed by atoms with van der Waals surface area (Å²) in [6.07, 6.45) is 4.59. The first-order valence-electron chi connectivity index (χ1n) is 9.43. The van der Waals surface area contributed by atoms with E-state index in [1.807, 2.05) is 19.1 Å². The van der Waals surface area contributed by atoms with Gasteiger partial charge in [-0.05, 0) is 42.7 Å². The minimum absolute atomic E-state index is 0.109. The highest BCUT2D eigenvalue weighted by Crippen LogP contribution is 2.21. The third-order valence-corrected chi connectivity index (χ3v) is 6.75. The van der Waals surface area contributed by atoms with Gasteiger partial charge in [-0.3, -0.25) is 9.52 Å². The van der Waals surface area contributed by atoms with Crippen LogP contribution in [0.3, 0.4) is 0 Å². The molecule has 0 amide bonds. The number of allylic oxidation sites excluding steroid dienone is 1. The number of anilines is 2. The van der Waals surface area contributed by atoms with E-state index in [9.17, 15) is 13.2 Å². The van der Waals surface area contributed by atoms with Crippen LogP contribution in [0.15, 0.2) is 65.7 Å². The molecule has 0 saturated carbocycles. The van der Waals surface area contributed by atoms with Crippen molar-refractivity contribution in [2.45, 2.75) is 31.6 Å². The van der Waals surface area contributed by atoms with Crippen LogP contribution in [-0.2, 0) is 22.9 Å². The lowest BCUT2D eigenvalue weighted by molar-refractivity contribution is 0.104. The number of sulfonamides is 1. The number of benzene rings is 2. The van der Waals surface area contributed by atoms with E-state index < -0.39 is 10.0 Å². The summed E-state index contributed by atoms with van der Waals surface area (Å²) in [6.45, 7) is 3.99.